The van der Waals surface area contributed by atoms with Gasteiger partial charge >= 0.3 is 0 Å². The summed E-state index contributed by atoms with van der Waals surface area (Å²) in [4.78, 5) is 11.7. The van der Waals surface area contributed by atoms with Crippen molar-refractivity contribution in [1.82, 2.24) is 4.57 Å². The Morgan fingerprint density at radius 1 is 1.17 bits per heavy atom. The fraction of sp³-hybridized carbons (Fsp3) is 0.267. The second-order valence-electron chi connectivity index (χ2n) is 4.67. The number of aryl methyl sites for hydroxylation is 3. The van der Waals surface area contributed by atoms with Crippen LogP contribution in [-0.4, -0.2) is 4.57 Å². The lowest BCUT2D eigenvalue weighted by Crippen LogP contribution is -2.17. The topological polar surface area (TPSA) is 48.0 Å². The quantitative estimate of drug-likeness (QED) is 0.877. The number of rotatable bonds is 2. The van der Waals surface area contributed by atoms with Crippen molar-refractivity contribution in [3.05, 3.63) is 63.1 Å². The molecule has 3 heteroatoms. The first-order valence-corrected chi connectivity index (χ1v) is 6.03. The van der Waals surface area contributed by atoms with E-state index in [1.54, 1.807) is 6.07 Å². The molecule has 2 rings (SSSR count). The Morgan fingerprint density at radius 3 is 2.50 bits per heavy atom. The molecule has 0 saturated carbocycles. The minimum atomic E-state index is 0.0102. The molecule has 18 heavy (non-hydrogen) atoms. The predicted octanol–water partition coefficient (Wildman–Crippen LogP) is 2.22. The summed E-state index contributed by atoms with van der Waals surface area (Å²) in [5.41, 5.74) is 10.7. The standard InChI is InChI=1S/C15H18N2O/c1-10-4-5-14(11(2)6-10)17-9-13(8-16)15(18)7-12(17)3/h4-7,9H,8,16H2,1-3H3. The fourth-order valence-corrected chi connectivity index (χ4v) is 2.16. The van der Waals surface area contributed by atoms with Gasteiger partial charge in [0.25, 0.3) is 0 Å². The molecule has 1 aromatic carbocycles. The van der Waals surface area contributed by atoms with Gasteiger partial charge in [-0.25, -0.2) is 0 Å². The Balaban J connectivity index is 2.67. The molecule has 0 aliphatic heterocycles. The van der Waals surface area contributed by atoms with Gasteiger partial charge in [0.2, 0.25) is 0 Å². The van der Waals surface area contributed by atoms with Gasteiger partial charge in [-0.05, 0) is 32.4 Å². The SMILES string of the molecule is Cc1ccc(-n2cc(CN)c(=O)cc2C)c(C)c1. The summed E-state index contributed by atoms with van der Waals surface area (Å²) in [7, 11) is 0. The van der Waals surface area contributed by atoms with Crippen LogP contribution in [0, 0.1) is 20.8 Å². The second-order valence-corrected chi connectivity index (χ2v) is 4.67. The Labute approximate surface area is 107 Å². The first-order chi connectivity index (χ1) is 8.52. The monoisotopic (exact) mass is 242 g/mol. The van der Waals surface area contributed by atoms with Crippen LogP contribution in [0.5, 0.6) is 0 Å². The van der Waals surface area contributed by atoms with Crippen LogP contribution in [0.4, 0.5) is 0 Å². The van der Waals surface area contributed by atoms with Crippen molar-refractivity contribution in [2.45, 2.75) is 27.3 Å². The summed E-state index contributed by atoms with van der Waals surface area (Å²) in [6.07, 6.45) is 1.84. The average molecular weight is 242 g/mol. The van der Waals surface area contributed by atoms with E-state index in [2.05, 4.69) is 32.0 Å². The number of nitrogens with two attached hydrogens (primary N) is 1. The Kier molecular flexibility index (Phi) is 3.34. The van der Waals surface area contributed by atoms with E-state index in [0.717, 1.165) is 11.4 Å². The molecular weight excluding hydrogens is 224 g/mol. The molecule has 0 unspecified atom stereocenters. The Morgan fingerprint density at radius 2 is 1.89 bits per heavy atom. The van der Waals surface area contributed by atoms with Crippen molar-refractivity contribution in [3.8, 4) is 5.69 Å². The average Bonchev–Trinajstić information content (AvgIpc) is 2.30. The second kappa shape index (κ2) is 4.78. The van der Waals surface area contributed by atoms with E-state index in [0.29, 0.717) is 5.56 Å². The van der Waals surface area contributed by atoms with Crippen LogP contribution in [0.15, 0.2) is 35.3 Å². The molecule has 0 aliphatic carbocycles. The number of pyridine rings is 1. The van der Waals surface area contributed by atoms with Gasteiger partial charge in [-0.2, -0.15) is 0 Å². The van der Waals surface area contributed by atoms with Crippen molar-refractivity contribution in [2.75, 3.05) is 0 Å². The lowest BCUT2D eigenvalue weighted by Gasteiger charge is -2.15. The van der Waals surface area contributed by atoms with Crippen LogP contribution < -0.4 is 11.2 Å². The lowest BCUT2D eigenvalue weighted by atomic mass is 10.1. The van der Waals surface area contributed by atoms with Crippen LogP contribution in [0.1, 0.15) is 22.4 Å². The zero-order valence-electron chi connectivity index (χ0n) is 11.0. The number of aromatic nitrogens is 1. The molecule has 0 spiro atoms. The first kappa shape index (κ1) is 12.6. The molecule has 2 aromatic rings. The van der Waals surface area contributed by atoms with E-state index in [-0.39, 0.29) is 12.0 Å². The van der Waals surface area contributed by atoms with E-state index < -0.39 is 0 Å². The number of nitrogens with zero attached hydrogens (tertiary/aromatic N) is 1. The van der Waals surface area contributed by atoms with E-state index in [4.69, 9.17) is 5.73 Å². The summed E-state index contributed by atoms with van der Waals surface area (Å²) < 4.78 is 2.03. The van der Waals surface area contributed by atoms with Crippen molar-refractivity contribution < 1.29 is 0 Å². The minimum Gasteiger partial charge on any atom is -0.326 e. The highest BCUT2D eigenvalue weighted by Gasteiger charge is 2.06. The highest BCUT2D eigenvalue weighted by Crippen LogP contribution is 2.17. The first-order valence-electron chi connectivity index (χ1n) is 6.03. The maximum Gasteiger partial charge on any atom is 0.186 e. The molecule has 1 heterocycles. The van der Waals surface area contributed by atoms with Crippen LogP contribution >= 0.6 is 0 Å². The molecule has 1 aromatic heterocycles. The maximum atomic E-state index is 11.7. The largest absolute Gasteiger partial charge is 0.326 e. The minimum absolute atomic E-state index is 0.0102. The third-order valence-corrected chi connectivity index (χ3v) is 3.15. The van der Waals surface area contributed by atoms with Crippen molar-refractivity contribution in [2.24, 2.45) is 5.73 Å². The molecule has 0 bridgehead atoms. The third kappa shape index (κ3) is 2.22. The van der Waals surface area contributed by atoms with Gasteiger partial charge in [0, 0.05) is 35.8 Å². The highest BCUT2D eigenvalue weighted by atomic mass is 16.1. The predicted molar refractivity (Wildman–Crippen MR) is 74.1 cm³/mol. The van der Waals surface area contributed by atoms with E-state index in [1.165, 1.54) is 11.1 Å². The van der Waals surface area contributed by atoms with Gasteiger partial charge < -0.3 is 10.3 Å². The summed E-state index contributed by atoms with van der Waals surface area (Å²) >= 11 is 0. The lowest BCUT2D eigenvalue weighted by molar-refractivity contribution is 0.916. The molecule has 3 nitrogen and oxygen atoms in total. The van der Waals surface area contributed by atoms with Gasteiger partial charge in [0.05, 0.1) is 0 Å². The molecule has 0 amide bonds. The molecule has 0 fully saturated rings. The summed E-state index contributed by atoms with van der Waals surface area (Å²) in [6, 6.07) is 7.92. The molecule has 0 atom stereocenters. The summed E-state index contributed by atoms with van der Waals surface area (Å²) in [6.45, 7) is 6.34. The van der Waals surface area contributed by atoms with Gasteiger partial charge in [0.1, 0.15) is 0 Å². The van der Waals surface area contributed by atoms with Crippen molar-refractivity contribution in [1.29, 1.82) is 0 Å². The van der Waals surface area contributed by atoms with Gasteiger partial charge in [-0.1, -0.05) is 17.7 Å². The van der Waals surface area contributed by atoms with Crippen LogP contribution in [0.3, 0.4) is 0 Å². The highest BCUT2D eigenvalue weighted by molar-refractivity contribution is 5.44. The zero-order valence-corrected chi connectivity index (χ0v) is 11.0. The smallest absolute Gasteiger partial charge is 0.186 e. The molecule has 0 saturated heterocycles. The summed E-state index contributed by atoms with van der Waals surface area (Å²) in [5, 5.41) is 0. The zero-order chi connectivity index (χ0) is 13.3. The normalized spacial score (nSPS) is 10.7. The Hall–Kier alpha value is -1.87. The van der Waals surface area contributed by atoms with Gasteiger partial charge in [-0.15, -0.1) is 0 Å². The van der Waals surface area contributed by atoms with Crippen molar-refractivity contribution in [3.63, 3.8) is 0 Å². The van der Waals surface area contributed by atoms with E-state index in [9.17, 15) is 4.79 Å². The van der Waals surface area contributed by atoms with E-state index in [1.807, 2.05) is 17.7 Å². The van der Waals surface area contributed by atoms with Gasteiger partial charge in [0.15, 0.2) is 5.43 Å². The number of hydrogen-bond donors (Lipinski definition) is 1. The molecule has 0 aliphatic rings. The molecule has 0 radical (unpaired) electrons. The van der Waals surface area contributed by atoms with Crippen LogP contribution in [0.2, 0.25) is 0 Å². The number of benzene rings is 1. The van der Waals surface area contributed by atoms with Crippen LogP contribution in [-0.2, 0) is 6.54 Å². The molecule has 94 valence electrons. The molecule has 2 N–H and O–H groups in total. The third-order valence-electron chi connectivity index (χ3n) is 3.15. The Bertz CT molecular complexity index is 641. The van der Waals surface area contributed by atoms with E-state index >= 15 is 0 Å². The molecular formula is C15H18N2O. The van der Waals surface area contributed by atoms with Gasteiger partial charge in [-0.3, -0.25) is 4.79 Å². The fourth-order valence-electron chi connectivity index (χ4n) is 2.16. The summed E-state index contributed by atoms with van der Waals surface area (Å²) in [5.74, 6) is 0. The van der Waals surface area contributed by atoms with Crippen LogP contribution in [0.25, 0.3) is 5.69 Å². The maximum absolute atomic E-state index is 11.7. The number of hydrogen-bond acceptors (Lipinski definition) is 2. The van der Waals surface area contributed by atoms with Crippen molar-refractivity contribution >= 4 is 0 Å².